The van der Waals surface area contributed by atoms with E-state index < -0.39 is 20.0 Å². The smallest absolute Gasteiger partial charge is 0.240 e. The second-order valence-corrected chi connectivity index (χ2v) is 8.32. The molecule has 22 heavy (non-hydrogen) atoms. The van der Waals surface area contributed by atoms with Crippen molar-refractivity contribution in [2.45, 2.75) is 11.3 Å². The summed E-state index contributed by atoms with van der Waals surface area (Å²) in [6, 6.07) is 4.39. The lowest BCUT2D eigenvalue weighted by Crippen LogP contribution is -2.29. The van der Waals surface area contributed by atoms with Crippen LogP contribution >= 0.6 is 0 Å². The van der Waals surface area contributed by atoms with E-state index in [1.807, 2.05) is 0 Å². The molecule has 124 valence electrons. The average molecular weight is 350 g/mol. The molecule has 0 radical (unpaired) electrons. The van der Waals surface area contributed by atoms with Gasteiger partial charge < -0.3 is 9.47 Å². The predicted molar refractivity (Wildman–Crippen MR) is 80.1 cm³/mol. The molecule has 2 N–H and O–H groups in total. The number of rotatable bonds is 7. The molecule has 1 heterocycles. The highest BCUT2D eigenvalue weighted by Crippen LogP contribution is 2.32. The van der Waals surface area contributed by atoms with Crippen LogP contribution in [0.25, 0.3) is 0 Å². The minimum Gasteiger partial charge on any atom is -0.486 e. The van der Waals surface area contributed by atoms with Crippen molar-refractivity contribution in [3.05, 3.63) is 18.2 Å². The molecule has 0 amide bonds. The maximum Gasteiger partial charge on any atom is 0.240 e. The number of ether oxygens (including phenoxy) is 2. The lowest BCUT2D eigenvalue weighted by molar-refractivity contribution is 0.171. The van der Waals surface area contributed by atoms with Crippen LogP contribution < -0.4 is 18.9 Å². The maximum atomic E-state index is 12.1. The van der Waals surface area contributed by atoms with Gasteiger partial charge in [-0.3, -0.25) is 0 Å². The fourth-order valence-electron chi connectivity index (χ4n) is 1.83. The molecular formula is C12H18N2O6S2. The maximum absolute atomic E-state index is 12.1. The van der Waals surface area contributed by atoms with Crippen molar-refractivity contribution >= 4 is 20.0 Å². The Hall–Kier alpha value is -1.36. The molecule has 10 heteroatoms. The second kappa shape index (κ2) is 6.82. The zero-order valence-corrected chi connectivity index (χ0v) is 13.7. The molecule has 1 aromatic rings. The number of hydrogen-bond donors (Lipinski definition) is 2. The molecule has 1 aromatic carbocycles. The van der Waals surface area contributed by atoms with Crippen LogP contribution in [-0.2, 0) is 20.0 Å². The molecule has 0 fully saturated rings. The van der Waals surface area contributed by atoms with Gasteiger partial charge in [0.05, 0.1) is 11.2 Å². The van der Waals surface area contributed by atoms with Crippen molar-refractivity contribution in [2.75, 3.05) is 32.6 Å². The third-order valence-corrected chi connectivity index (χ3v) is 5.02. The molecule has 0 saturated heterocycles. The number of fused-ring (bicyclic) bond motifs is 1. The Morgan fingerprint density at radius 1 is 1.00 bits per heavy atom. The Morgan fingerprint density at radius 3 is 2.32 bits per heavy atom. The Labute approximate surface area is 129 Å². The van der Waals surface area contributed by atoms with Gasteiger partial charge in [-0.15, -0.1) is 0 Å². The Morgan fingerprint density at radius 2 is 1.64 bits per heavy atom. The predicted octanol–water partition coefficient (Wildman–Crippen LogP) is -0.325. The molecule has 1 aliphatic rings. The van der Waals surface area contributed by atoms with Gasteiger partial charge in [-0.25, -0.2) is 26.3 Å². The highest BCUT2D eigenvalue weighted by molar-refractivity contribution is 7.89. The van der Waals surface area contributed by atoms with Crippen LogP contribution in [0.5, 0.6) is 11.5 Å². The molecule has 0 aliphatic carbocycles. The van der Waals surface area contributed by atoms with Crippen molar-refractivity contribution < 1.29 is 26.3 Å². The number of hydrogen-bond acceptors (Lipinski definition) is 6. The molecule has 0 aromatic heterocycles. The van der Waals surface area contributed by atoms with Crippen molar-refractivity contribution in [3.63, 3.8) is 0 Å². The molecule has 0 spiro atoms. The summed E-state index contributed by atoms with van der Waals surface area (Å²) in [5.74, 6) is 0.912. The van der Waals surface area contributed by atoms with E-state index in [9.17, 15) is 16.8 Å². The van der Waals surface area contributed by atoms with Crippen LogP contribution in [0.2, 0.25) is 0 Å². The van der Waals surface area contributed by atoms with E-state index in [0.29, 0.717) is 31.1 Å². The third kappa shape index (κ3) is 4.83. The second-order valence-electron chi connectivity index (χ2n) is 4.72. The van der Waals surface area contributed by atoms with E-state index in [0.717, 1.165) is 6.26 Å². The Kier molecular flexibility index (Phi) is 5.27. The van der Waals surface area contributed by atoms with Crippen LogP contribution in [0.1, 0.15) is 6.42 Å². The minimum atomic E-state index is -3.67. The molecule has 0 bridgehead atoms. The summed E-state index contributed by atoms with van der Waals surface area (Å²) in [6.07, 6.45) is 1.39. The highest BCUT2D eigenvalue weighted by atomic mass is 32.2. The van der Waals surface area contributed by atoms with Gasteiger partial charge in [-0.2, -0.15) is 0 Å². The van der Waals surface area contributed by atoms with Crippen molar-refractivity contribution in [3.8, 4) is 11.5 Å². The summed E-state index contributed by atoms with van der Waals surface area (Å²) in [6.45, 7) is 1.10. The van der Waals surface area contributed by atoms with E-state index in [1.165, 1.54) is 12.1 Å². The minimum absolute atomic E-state index is 0.0767. The van der Waals surface area contributed by atoms with Gasteiger partial charge >= 0.3 is 0 Å². The van der Waals surface area contributed by atoms with Crippen LogP contribution in [0.3, 0.4) is 0 Å². The monoisotopic (exact) mass is 350 g/mol. The number of sulfonamides is 2. The van der Waals surface area contributed by atoms with Gasteiger partial charge in [0.25, 0.3) is 0 Å². The van der Waals surface area contributed by atoms with Gasteiger partial charge in [0.15, 0.2) is 11.5 Å². The lowest BCUT2D eigenvalue weighted by Gasteiger charge is -2.18. The summed E-state index contributed by atoms with van der Waals surface area (Å²) in [4.78, 5) is 0.0767. The first-order valence-electron chi connectivity index (χ1n) is 6.62. The molecule has 8 nitrogen and oxygen atoms in total. The summed E-state index contributed by atoms with van der Waals surface area (Å²) in [5, 5.41) is 0. The third-order valence-electron chi connectivity index (χ3n) is 2.83. The fourth-order valence-corrected chi connectivity index (χ4v) is 3.43. The Balaban J connectivity index is 1.93. The fraction of sp³-hybridized carbons (Fsp3) is 0.500. The summed E-state index contributed by atoms with van der Waals surface area (Å²) < 4.78 is 61.4. The Bertz CT molecular complexity index is 730. The molecular weight excluding hydrogens is 332 g/mol. The standard InChI is InChI=1S/C12H18N2O6S2/c1-21(15,16)13-5-2-6-14-22(17,18)10-3-4-11-12(9-10)20-8-7-19-11/h3-4,9,13-14H,2,5-8H2,1H3. The largest absolute Gasteiger partial charge is 0.486 e. The zero-order valence-electron chi connectivity index (χ0n) is 12.0. The van der Waals surface area contributed by atoms with E-state index in [2.05, 4.69) is 9.44 Å². The van der Waals surface area contributed by atoms with E-state index in [-0.39, 0.29) is 18.0 Å². The van der Waals surface area contributed by atoms with E-state index >= 15 is 0 Å². The van der Waals surface area contributed by atoms with Crippen molar-refractivity contribution in [1.82, 2.24) is 9.44 Å². The quantitative estimate of drug-likeness (QED) is 0.652. The van der Waals surface area contributed by atoms with Gasteiger partial charge in [-0.1, -0.05) is 0 Å². The van der Waals surface area contributed by atoms with Gasteiger partial charge in [-0.05, 0) is 18.6 Å². The first-order chi connectivity index (χ1) is 10.3. The van der Waals surface area contributed by atoms with Gasteiger partial charge in [0.1, 0.15) is 13.2 Å². The average Bonchev–Trinajstić information content (AvgIpc) is 2.45. The first-order valence-corrected chi connectivity index (χ1v) is 9.99. The number of benzene rings is 1. The van der Waals surface area contributed by atoms with Gasteiger partial charge in [0.2, 0.25) is 20.0 Å². The highest BCUT2D eigenvalue weighted by Gasteiger charge is 2.18. The molecule has 0 atom stereocenters. The van der Waals surface area contributed by atoms with E-state index in [4.69, 9.17) is 9.47 Å². The molecule has 0 unspecified atom stereocenters. The van der Waals surface area contributed by atoms with Crippen LogP contribution in [0.4, 0.5) is 0 Å². The summed E-state index contributed by atoms with van der Waals surface area (Å²) >= 11 is 0. The molecule has 1 aliphatic heterocycles. The van der Waals surface area contributed by atoms with Crippen LogP contribution in [-0.4, -0.2) is 49.4 Å². The zero-order chi connectivity index (χ0) is 16.2. The lowest BCUT2D eigenvalue weighted by atomic mass is 10.3. The van der Waals surface area contributed by atoms with E-state index in [1.54, 1.807) is 6.07 Å². The normalized spacial score (nSPS) is 14.8. The molecule has 2 rings (SSSR count). The number of nitrogens with one attached hydrogen (secondary N) is 2. The summed E-state index contributed by atoms with van der Waals surface area (Å²) in [5.41, 5.74) is 0. The van der Waals surface area contributed by atoms with Crippen molar-refractivity contribution in [1.29, 1.82) is 0 Å². The van der Waals surface area contributed by atoms with Crippen molar-refractivity contribution in [2.24, 2.45) is 0 Å². The van der Waals surface area contributed by atoms with Gasteiger partial charge in [0, 0.05) is 19.2 Å². The SMILES string of the molecule is CS(=O)(=O)NCCCNS(=O)(=O)c1ccc2c(c1)OCCO2. The van der Waals surface area contributed by atoms with Crippen LogP contribution in [0.15, 0.2) is 23.1 Å². The topological polar surface area (TPSA) is 111 Å². The molecule has 0 saturated carbocycles. The van der Waals surface area contributed by atoms with Crippen LogP contribution in [0, 0.1) is 0 Å². The first kappa shape index (κ1) is 17.0. The summed E-state index contributed by atoms with van der Waals surface area (Å²) in [7, 11) is -6.93.